The first kappa shape index (κ1) is 15.4. The Bertz CT molecular complexity index is 806. The molecule has 3 rings (SSSR count). The normalized spacial score (nSPS) is 16.6. The fourth-order valence-corrected chi connectivity index (χ4v) is 3.72. The highest BCUT2D eigenvalue weighted by Crippen LogP contribution is 2.36. The molecule has 1 amide bonds. The summed E-state index contributed by atoms with van der Waals surface area (Å²) in [6.45, 7) is 0. The molecule has 22 heavy (non-hydrogen) atoms. The molecular formula is C16H9BrFNOS2. The van der Waals surface area contributed by atoms with E-state index in [1.165, 1.54) is 28.8 Å². The molecule has 0 aromatic heterocycles. The van der Waals surface area contributed by atoms with Crippen LogP contribution in [0.15, 0.2) is 57.9 Å². The standard InChI is InChI=1S/C16H9BrFNOS2/c17-11-5-3-6-12(9-11)19-15(20)14(22-16(19)21)8-10-4-1-2-7-13(10)18/h1-9H/b14-8+. The van der Waals surface area contributed by atoms with Gasteiger partial charge in [0.15, 0.2) is 4.32 Å². The Morgan fingerprint density at radius 1 is 1.18 bits per heavy atom. The second kappa shape index (κ2) is 6.32. The zero-order valence-corrected chi connectivity index (χ0v) is 14.3. The van der Waals surface area contributed by atoms with Crippen LogP contribution in [-0.2, 0) is 4.79 Å². The minimum Gasteiger partial charge on any atom is -0.268 e. The van der Waals surface area contributed by atoms with Gasteiger partial charge in [-0.25, -0.2) is 4.39 Å². The van der Waals surface area contributed by atoms with Gasteiger partial charge in [0.1, 0.15) is 5.82 Å². The number of thiocarbonyl (C=S) groups is 1. The van der Waals surface area contributed by atoms with Crippen LogP contribution in [0.5, 0.6) is 0 Å². The van der Waals surface area contributed by atoms with Gasteiger partial charge < -0.3 is 0 Å². The van der Waals surface area contributed by atoms with Crippen molar-refractivity contribution in [1.29, 1.82) is 0 Å². The van der Waals surface area contributed by atoms with Crippen molar-refractivity contribution in [2.24, 2.45) is 0 Å². The molecule has 6 heteroatoms. The zero-order chi connectivity index (χ0) is 15.7. The molecule has 0 unspecified atom stereocenters. The minimum atomic E-state index is -0.366. The molecule has 2 aromatic rings. The van der Waals surface area contributed by atoms with E-state index < -0.39 is 0 Å². The van der Waals surface area contributed by atoms with Crippen molar-refractivity contribution in [3.8, 4) is 0 Å². The molecule has 0 spiro atoms. The number of hydrogen-bond acceptors (Lipinski definition) is 3. The monoisotopic (exact) mass is 393 g/mol. The predicted octanol–water partition coefficient (Wildman–Crippen LogP) is 4.99. The Kier molecular flexibility index (Phi) is 4.42. The van der Waals surface area contributed by atoms with E-state index in [0.717, 1.165) is 4.47 Å². The molecule has 1 saturated heterocycles. The number of carbonyl (C=O) groups is 1. The minimum absolute atomic E-state index is 0.239. The van der Waals surface area contributed by atoms with Crippen molar-refractivity contribution in [2.75, 3.05) is 4.90 Å². The largest absolute Gasteiger partial charge is 0.270 e. The van der Waals surface area contributed by atoms with Crippen LogP contribution >= 0.6 is 39.9 Å². The first-order valence-corrected chi connectivity index (χ1v) is 8.36. The maximum absolute atomic E-state index is 13.7. The van der Waals surface area contributed by atoms with Gasteiger partial charge in [0.2, 0.25) is 0 Å². The van der Waals surface area contributed by atoms with Crippen molar-refractivity contribution < 1.29 is 9.18 Å². The van der Waals surface area contributed by atoms with Crippen molar-refractivity contribution in [1.82, 2.24) is 0 Å². The van der Waals surface area contributed by atoms with Crippen molar-refractivity contribution in [3.63, 3.8) is 0 Å². The molecule has 2 aromatic carbocycles. The molecular weight excluding hydrogens is 385 g/mol. The number of benzene rings is 2. The maximum atomic E-state index is 13.7. The Balaban J connectivity index is 1.97. The summed E-state index contributed by atoms with van der Waals surface area (Å²) in [4.78, 5) is 14.4. The number of halogens is 2. The lowest BCUT2D eigenvalue weighted by Crippen LogP contribution is -2.27. The molecule has 0 atom stereocenters. The number of rotatable bonds is 2. The Morgan fingerprint density at radius 2 is 1.95 bits per heavy atom. The van der Waals surface area contributed by atoms with Gasteiger partial charge in [-0.05, 0) is 30.3 Å². The molecule has 0 bridgehead atoms. The van der Waals surface area contributed by atoms with Crippen LogP contribution in [0.2, 0.25) is 0 Å². The molecule has 0 saturated carbocycles. The van der Waals surface area contributed by atoms with Crippen molar-refractivity contribution >= 4 is 61.9 Å². The molecule has 0 N–H and O–H groups in total. The average molecular weight is 394 g/mol. The predicted molar refractivity (Wildman–Crippen MR) is 96.2 cm³/mol. The number of amides is 1. The number of carbonyl (C=O) groups excluding carboxylic acids is 1. The lowest BCUT2D eigenvalue weighted by atomic mass is 10.2. The molecule has 1 heterocycles. The summed E-state index contributed by atoms with van der Waals surface area (Å²) < 4.78 is 15.0. The van der Waals surface area contributed by atoms with Gasteiger partial charge >= 0.3 is 0 Å². The van der Waals surface area contributed by atoms with Crippen molar-refractivity contribution in [2.45, 2.75) is 0 Å². The molecule has 1 aliphatic rings. The van der Waals surface area contributed by atoms with Crippen LogP contribution in [0.3, 0.4) is 0 Å². The van der Waals surface area contributed by atoms with Crippen LogP contribution in [0.4, 0.5) is 10.1 Å². The second-order valence-electron chi connectivity index (χ2n) is 4.52. The topological polar surface area (TPSA) is 20.3 Å². The second-order valence-corrected chi connectivity index (χ2v) is 7.11. The molecule has 0 radical (unpaired) electrons. The smallest absolute Gasteiger partial charge is 0.268 e. The van der Waals surface area contributed by atoms with Gasteiger partial charge in [-0.3, -0.25) is 9.69 Å². The van der Waals surface area contributed by atoms with Gasteiger partial charge in [-0.2, -0.15) is 0 Å². The summed E-state index contributed by atoms with van der Waals surface area (Å²) in [7, 11) is 0. The highest BCUT2D eigenvalue weighted by Gasteiger charge is 2.33. The summed E-state index contributed by atoms with van der Waals surface area (Å²) >= 11 is 9.84. The van der Waals surface area contributed by atoms with Gasteiger partial charge in [-0.15, -0.1) is 0 Å². The summed E-state index contributed by atoms with van der Waals surface area (Å²) in [6.07, 6.45) is 1.53. The Morgan fingerprint density at radius 3 is 2.68 bits per heavy atom. The molecule has 0 aliphatic carbocycles. The maximum Gasteiger partial charge on any atom is 0.270 e. The van der Waals surface area contributed by atoms with Crippen LogP contribution in [-0.4, -0.2) is 10.2 Å². The van der Waals surface area contributed by atoms with Crippen LogP contribution < -0.4 is 4.90 Å². The lowest BCUT2D eigenvalue weighted by molar-refractivity contribution is -0.113. The quantitative estimate of drug-likeness (QED) is 0.529. The highest BCUT2D eigenvalue weighted by atomic mass is 79.9. The fourth-order valence-electron chi connectivity index (χ4n) is 2.04. The van der Waals surface area contributed by atoms with Crippen molar-refractivity contribution in [3.05, 3.63) is 69.3 Å². The summed E-state index contributed by atoms with van der Waals surface area (Å²) in [5.74, 6) is -0.605. The zero-order valence-electron chi connectivity index (χ0n) is 11.1. The van der Waals surface area contributed by atoms with Gasteiger partial charge in [0.25, 0.3) is 5.91 Å². The van der Waals surface area contributed by atoms with E-state index in [0.29, 0.717) is 20.5 Å². The van der Waals surface area contributed by atoms with E-state index in [1.807, 2.05) is 24.3 Å². The van der Waals surface area contributed by atoms with Crippen LogP contribution in [0.1, 0.15) is 5.56 Å². The van der Waals surface area contributed by atoms with E-state index in [-0.39, 0.29) is 11.7 Å². The summed E-state index contributed by atoms with van der Waals surface area (Å²) in [6, 6.07) is 13.7. The molecule has 110 valence electrons. The molecule has 1 aliphatic heterocycles. The summed E-state index contributed by atoms with van der Waals surface area (Å²) in [5.41, 5.74) is 1.06. The number of thioether (sulfide) groups is 1. The van der Waals surface area contributed by atoms with Gasteiger partial charge in [-0.1, -0.05) is 64.2 Å². The van der Waals surface area contributed by atoms with E-state index >= 15 is 0 Å². The van der Waals surface area contributed by atoms with E-state index in [9.17, 15) is 9.18 Å². The third-order valence-electron chi connectivity index (χ3n) is 3.05. The Labute approximate surface area is 145 Å². The van der Waals surface area contributed by atoms with Crippen LogP contribution in [0.25, 0.3) is 6.08 Å². The van der Waals surface area contributed by atoms with Gasteiger partial charge in [0.05, 0.1) is 10.6 Å². The van der Waals surface area contributed by atoms with E-state index in [1.54, 1.807) is 18.2 Å². The number of nitrogens with zero attached hydrogens (tertiary/aromatic N) is 1. The highest BCUT2D eigenvalue weighted by molar-refractivity contribution is 9.10. The Hall–Kier alpha value is -1.50. The lowest BCUT2D eigenvalue weighted by Gasteiger charge is -2.14. The fraction of sp³-hybridized carbons (Fsp3) is 0. The molecule has 1 fully saturated rings. The number of anilines is 1. The van der Waals surface area contributed by atoms with Crippen LogP contribution in [0, 0.1) is 5.82 Å². The average Bonchev–Trinajstić information content (AvgIpc) is 2.76. The summed E-state index contributed by atoms with van der Waals surface area (Å²) in [5, 5.41) is 0. The first-order valence-electron chi connectivity index (χ1n) is 6.34. The third-order valence-corrected chi connectivity index (χ3v) is 4.85. The SMILES string of the molecule is O=C1/C(=C\c2ccccc2F)SC(=S)N1c1cccc(Br)c1. The van der Waals surface area contributed by atoms with E-state index in [4.69, 9.17) is 12.2 Å². The first-order chi connectivity index (χ1) is 10.6. The van der Waals surface area contributed by atoms with E-state index in [2.05, 4.69) is 15.9 Å². The molecule has 2 nitrogen and oxygen atoms in total. The van der Waals surface area contributed by atoms with Gasteiger partial charge in [0, 0.05) is 10.0 Å². The third kappa shape index (κ3) is 2.99. The number of hydrogen-bond donors (Lipinski definition) is 0.